The fourth-order valence-electron chi connectivity index (χ4n) is 1.99. The van der Waals surface area contributed by atoms with Crippen LogP contribution in [0.15, 0.2) is 22.7 Å². The molecule has 2 heterocycles. The van der Waals surface area contributed by atoms with Crippen LogP contribution in [-0.4, -0.2) is 22.9 Å². The summed E-state index contributed by atoms with van der Waals surface area (Å²) in [5.74, 6) is 1.23. The van der Waals surface area contributed by atoms with Gasteiger partial charge in [0.05, 0.1) is 5.02 Å². The predicted molar refractivity (Wildman–Crippen MR) is 80.2 cm³/mol. The summed E-state index contributed by atoms with van der Waals surface area (Å²) < 4.78 is 20.6. The first-order chi connectivity index (χ1) is 11.0. The molecule has 1 aliphatic heterocycles. The van der Waals surface area contributed by atoms with Crippen molar-refractivity contribution in [3.05, 3.63) is 40.5 Å². The number of nitrogens with zero attached hydrogens (tertiary/aromatic N) is 2. The number of hydrogen-bond donors (Lipinski definition) is 0. The van der Waals surface area contributed by atoms with E-state index in [4.69, 9.17) is 30.3 Å². The highest BCUT2D eigenvalue weighted by Gasteiger charge is 2.18. The van der Waals surface area contributed by atoms with E-state index in [2.05, 4.69) is 10.1 Å². The number of benzene rings is 1. The molecule has 0 saturated heterocycles. The highest BCUT2D eigenvalue weighted by atomic mass is 35.5. The van der Waals surface area contributed by atoms with Crippen molar-refractivity contribution in [1.29, 1.82) is 0 Å². The number of aryl methyl sites for hydroxylation is 1. The molecule has 7 nitrogen and oxygen atoms in total. The Morgan fingerprint density at radius 3 is 3.00 bits per heavy atom. The lowest BCUT2D eigenvalue weighted by Crippen LogP contribution is -2.06. The Morgan fingerprint density at radius 1 is 1.43 bits per heavy atom. The van der Waals surface area contributed by atoms with Crippen molar-refractivity contribution in [3.63, 3.8) is 0 Å². The number of halogens is 1. The predicted octanol–water partition coefficient (Wildman–Crippen LogP) is 3.08. The summed E-state index contributed by atoms with van der Waals surface area (Å²) in [7, 11) is 0. The van der Waals surface area contributed by atoms with Crippen molar-refractivity contribution >= 4 is 23.6 Å². The molecule has 2 aromatic rings. The van der Waals surface area contributed by atoms with Crippen LogP contribution in [-0.2, 0) is 9.53 Å². The van der Waals surface area contributed by atoms with Crippen LogP contribution in [0.5, 0.6) is 11.5 Å². The molecule has 0 fully saturated rings. The summed E-state index contributed by atoms with van der Waals surface area (Å²) in [6.45, 7) is 3.46. The van der Waals surface area contributed by atoms with Gasteiger partial charge in [0, 0.05) is 6.08 Å². The topological polar surface area (TPSA) is 83.7 Å². The highest BCUT2D eigenvalue weighted by Crippen LogP contribution is 2.40. The number of fused-ring (bicyclic) bond motifs is 1. The molecule has 1 aromatic heterocycles. The Kier molecular flexibility index (Phi) is 4.20. The van der Waals surface area contributed by atoms with Gasteiger partial charge in [-0.1, -0.05) is 16.8 Å². The van der Waals surface area contributed by atoms with Crippen molar-refractivity contribution in [2.75, 3.05) is 6.79 Å². The Morgan fingerprint density at radius 2 is 2.26 bits per heavy atom. The number of esters is 1. The van der Waals surface area contributed by atoms with Gasteiger partial charge >= 0.3 is 5.97 Å². The average Bonchev–Trinajstić information content (AvgIpc) is 3.14. The number of rotatable bonds is 4. The van der Waals surface area contributed by atoms with Gasteiger partial charge in [0.15, 0.2) is 23.4 Å². The zero-order valence-electron chi connectivity index (χ0n) is 12.4. The molecular formula is C15H13ClN2O5. The molecule has 8 heteroatoms. The van der Waals surface area contributed by atoms with Gasteiger partial charge in [-0.15, -0.1) is 0 Å². The summed E-state index contributed by atoms with van der Waals surface area (Å²) in [6, 6.07) is 3.40. The fourth-order valence-corrected chi connectivity index (χ4v) is 2.26. The van der Waals surface area contributed by atoms with Gasteiger partial charge in [-0.3, -0.25) is 0 Å². The van der Waals surface area contributed by atoms with E-state index >= 15 is 0 Å². The molecule has 0 N–H and O–H groups in total. The summed E-state index contributed by atoms with van der Waals surface area (Å²) in [4.78, 5) is 15.8. The Bertz CT molecular complexity index is 771. The molecule has 1 aliphatic rings. The minimum atomic E-state index is -0.631. The van der Waals surface area contributed by atoms with Crippen LogP contribution >= 0.6 is 11.6 Å². The van der Waals surface area contributed by atoms with E-state index in [0.29, 0.717) is 27.9 Å². The third-order valence-corrected chi connectivity index (χ3v) is 3.33. The first-order valence-electron chi connectivity index (χ1n) is 6.81. The average molecular weight is 337 g/mol. The fraction of sp³-hybridized carbons (Fsp3) is 0.267. The maximum Gasteiger partial charge on any atom is 0.331 e. The molecule has 0 aliphatic carbocycles. The second-order valence-corrected chi connectivity index (χ2v) is 5.24. The monoisotopic (exact) mass is 336 g/mol. The lowest BCUT2D eigenvalue weighted by Gasteiger charge is -2.06. The molecular weight excluding hydrogens is 324 g/mol. The lowest BCUT2D eigenvalue weighted by atomic mass is 10.2. The van der Waals surface area contributed by atoms with Crippen molar-refractivity contribution in [3.8, 4) is 11.5 Å². The molecule has 1 atom stereocenters. The molecule has 0 amide bonds. The summed E-state index contributed by atoms with van der Waals surface area (Å²) in [6.07, 6.45) is 2.23. The zero-order chi connectivity index (χ0) is 16.4. The quantitative estimate of drug-likeness (QED) is 0.626. The number of hydrogen-bond acceptors (Lipinski definition) is 7. The zero-order valence-corrected chi connectivity index (χ0v) is 13.2. The SMILES string of the molecule is Cc1noc(C(C)OC(=O)C=Cc2cc(Cl)c3c(c2)OCO3)n1. The van der Waals surface area contributed by atoms with Crippen LogP contribution in [0, 0.1) is 6.92 Å². The van der Waals surface area contributed by atoms with Crippen LogP contribution in [0.25, 0.3) is 6.08 Å². The third kappa shape index (κ3) is 3.45. The van der Waals surface area contributed by atoms with Crippen molar-refractivity contribution in [2.24, 2.45) is 0 Å². The molecule has 1 unspecified atom stereocenters. The third-order valence-electron chi connectivity index (χ3n) is 3.05. The molecule has 0 radical (unpaired) electrons. The van der Waals surface area contributed by atoms with Gasteiger partial charge in [0.2, 0.25) is 6.79 Å². The minimum absolute atomic E-state index is 0.130. The van der Waals surface area contributed by atoms with Gasteiger partial charge in [-0.2, -0.15) is 4.98 Å². The second-order valence-electron chi connectivity index (χ2n) is 4.83. The highest BCUT2D eigenvalue weighted by molar-refractivity contribution is 6.32. The van der Waals surface area contributed by atoms with Crippen LogP contribution in [0.4, 0.5) is 0 Å². The first-order valence-corrected chi connectivity index (χ1v) is 7.19. The van der Waals surface area contributed by atoms with Crippen molar-refractivity contribution in [1.82, 2.24) is 10.1 Å². The van der Waals surface area contributed by atoms with E-state index in [1.165, 1.54) is 6.08 Å². The molecule has 23 heavy (non-hydrogen) atoms. The normalized spacial score (nSPS) is 14.2. The van der Waals surface area contributed by atoms with E-state index < -0.39 is 12.1 Å². The van der Waals surface area contributed by atoms with Crippen LogP contribution in [0.3, 0.4) is 0 Å². The van der Waals surface area contributed by atoms with E-state index in [1.807, 2.05) is 0 Å². The Balaban J connectivity index is 1.66. The van der Waals surface area contributed by atoms with E-state index in [-0.39, 0.29) is 12.7 Å². The number of carbonyl (C=O) groups excluding carboxylic acids is 1. The summed E-state index contributed by atoms with van der Waals surface area (Å²) in [5, 5.41) is 4.06. The second kappa shape index (κ2) is 6.29. The standard InChI is InChI=1S/C15H13ClN2O5/c1-8(15-17-9(2)18-23-15)22-13(19)4-3-10-5-11(16)14-12(6-10)20-7-21-14/h3-6,8H,7H2,1-2H3. The number of carbonyl (C=O) groups is 1. The molecule has 0 spiro atoms. The van der Waals surface area contributed by atoms with Gasteiger partial charge < -0.3 is 18.7 Å². The summed E-state index contributed by atoms with van der Waals surface area (Å²) in [5.41, 5.74) is 0.692. The first kappa shape index (κ1) is 15.4. The van der Waals surface area contributed by atoms with Crippen LogP contribution < -0.4 is 9.47 Å². The van der Waals surface area contributed by atoms with E-state index in [9.17, 15) is 4.79 Å². The van der Waals surface area contributed by atoms with Crippen molar-refractivity contribution in [2.45, 2.75) is 20.0 Å². The number of ether oxygens (including phenoxy) is 3. The lowest BCUT2D eigenvalue weighted by molar-refractivity contribution is -0.143. The van der Waals surface area contributed by atoms with Crippen molar-refractivity contribution < 1.29 is 23.5 Å². The smallest absolute Gasteiger partial charge is 0.331 e. The molecule has 0 saturated carbocycles. The van der Waals surface area contributed by atoms with Gasteiger partial charge in [-0.05, 0) is 37.6 Å². The van der Waals surface area contributed by atoms with Crippen LogP contribution in [0.1, 0.15) is 30.3 Å². The molecule has 0 bridgehead atoms. The Hall–Kier alpha value is -2.54. The number of aromatic nitrogens is 2. The molecule has 120 valence electrons. The molecule has 3 rings (SSSR count). The van der Waals surface area contributed by atoms with Gasteiger partial charge in [0.1, 0.15) is 0 Å². The molecule has 1 aromatic carbocycles. The maximum atomic E-state index is 11.8. The van der Waals surface area contributed by atoms with E-state index in [1.54, 1.807) is 32.1 Å². The van der Waals surface area contributed by atoms with Gasteiger partial charge in [-0.25, -0.2) is 4.79 Å². The Labute approximate surface area is 136 Å². The summed E-state index contributed by atoms with van der Waals surface area (Å²) >= 11 is 6.07. The van der Waals surface area contributed by atoms with Gasteiger partial charge in [0.25, 0.3) is 5.89 Å². The maximum absolute atomic E-state index is 11.8. The largest absolute Gasteiger partial charge is 0.454 e. The minimum Gasteiger partial charge on any atom is -0.454 e. The van der Waals surface area contributed by atoms with E-state index in [0.717, 1.165) is 0 Å². The van der Waals surface area contributed by atoms with Crippen LogP contribution in [0.2, 0.25) is 5.02 Å².